The van der Waals surface area contributed by atoms with E-state index in [-0.39, 0.29) is 12.5 Å². The molecule has 0 heterocycles. The quantitative estimate of drug-likeness (QED) is 0.571. The summed E-state index contributed by atoms with van der Waals surface area (Å²) in [4.78, 5) is 11.7. The van der Waals surface area contributed by atoms with Crippen molar-refractivity contribution in [1.29, 1.82) is 0 Å². The van der Waals surface area contributed by atoms with Crippen molar-refractivity contribution in [1.82, 2.24) is 5.32 Å². The molecule has 0 aliphatic rings. The van der Waals surface area contributed by atoms with Gasteiger partial charge in [0, 0.05) is 24.3 Å². The van der Waals surface area contributed by atoms with Crippen LogP contribution in [0.25, 0.3) is 5.57 Å². The van der Waals surface area contributed by atoms with E-state index < -0.39 is 0 Å². The maximum atomic E-state index is 11.7. The molecule has 1 aromatic carbocycles. The Morgan fingerprint density at radius 1 is 1.45 bits per heavy atom. The van der Waals surface area contributed by atoms with Gasteiger partial charge < -0.3 is 15.2 Å². The Kier molecular flexibility index (Phi) is 7.95. The molecule has 4 nitrogen and oxygen atoms in total. The average molecular weight is 298 g/mol. The molecule has 0 aromatic heterocycles. The van der Waals surface area contributed by atoms with Gasteiger partial charge in [0.05, 0.1) is 13.2 Å². The number of benzene rings is 1. The summed E-state index contributed by atoms with van der Waals surface area (Å²) in [6.45, 7) is 3.30. The van der Waals surface area contributed by atoms with E-state index in [1.165, 1.54) is 0 Å². The molecule has 0 unspecified atom stereocenters. The number of ether oxygens (including phenoxy) is 1. The Morgan fingerprint density at radius 2 is 2.25 bits per heavy atom. The minimum atomic E-state index is -0.135. The molecular weight excluding hydrogens is 278 g/mol. The summed E-state index contributed by atoms with van der Waals surface area (Å²) in [5.74, 6) is -0.135. The van der Waals surface area contributed by atoms with Crippen molar-refractivity contribution < 1.29 is 14.6 Å². The fraction of sp³-hybridized carbons (Fsp3) is 0.400. The second-order valence-corrected chi connectivity index (χ2v) is 4.75. The summed E-state index contributed by atoms with van der Waals surface area (Å²) in [5, 5.41) is 12.0. The molecule has 1 amide bonds. The Labute approximate surface area is 124 Å². The number of halogens is 1. The third kappa shape index (κ3) is 6.70. The highest BCUT2D eigenvalue weighted by atomic mass is 35.5. The predicted molar refractivity (Wildman–Crippen MR) is 80.6 cm³/mol. The Bertz CT molecular complexity index is 460. The number of allylic oxidation sites excluding steroid dienone is 1. The van der Waals surface area contributed by atoms with E-state index >= 15 is 0 Å². The molecule has 20 heavy (non-hydrogen) atoms. The van der Waals surface area contributed by atoms with Gasteiger partial charge in [-0.2, -0.15) is 0 Å². The number of amides is 1. The Hall–Kier alpha value is -1.36. The summed E-state index contributed by atoms with van der Waals surface area (Å²) in [5.41, 5.74) is 1.79. The van der Waals surface area contributed by atoms with Crippen LogP contribution in [0.3, 0.4) is 0 Å². The summed E-state index contributed by atoms with van der Waals surface area (Å²) in [6, 6.07) is 7.38. The number of carbonyl (C=O) groups excluding carboxylic acids is 1. The van der Waals surface area contributed by atoms with Crippen molar-refractivity contribution >= 4 is 23.1 Å². The molecule has 1 aromatic rings. The second-order valence-electron chi connectivity index (χ2n) is 4.32. The van der Waals surface area contributed by atoms with Gasteiger partial charge in [-0.3, -0.25) is 4.79 Å². The van der Waals surface area contributed by atoms with Crippen molar-refractivity contribution in [3.05, 3.63) is 40.9 Å². The van der Waals surface area contributed by atoms with E-state index in [2.05, 4.69) is 5.32 Å². The van der Waals surface area contributed by atoms with E-state index in [4.69, 9.17) is 21.4 Å². The zero-order valence-electron chi connectivity index (χ0n) is 11.6. The number of aliphatic hydroxyl groups excluding tert-OH is 1. The number of nitrogens with one attached hydrogen (secondary N) is 1. The van der Waals surface area contributed by atoms with E-state index in [1.54, 1.807) is 12.1 Å². The van der Waals surface area contributed by atoms with Crippen molar-refractivity contribution in [3.8, 4) is 0 Å². The molecule has 2 N–H and O–H groups in total. The molecule has 0 saturated heterocycles. The van der Waals surface area contributed by atoms with E-state index in [1.807, 2.05) is 25.1 Å². The molecule has 0 bridgehead atoms. The number of rotatable bonds is 8. The lowest BCUT2D eigenvalue weighted by molar-refractivity contribution is -0.116. The van der Waals surface area contributed by atoms with Gasteiger partial charge in [0.1, 0.15) is 0 Å². The van der Waals surface area contributed by atoms with Crippen LogP contribution < -0.4 is 5.32 Å². The fourth-order valence-corrected chi connectivity index (χ4v) is 1.81. The van der Waals surface area contributed by atoms with Crippen LogP contribution in [0, 0.1) is 0 Å². The highest BCUT2D eigenvalue weighted by molar-refractivity contribution is 6.30. The Balaban J connectivity index is 2.35. The molecule has 0 spiro atoms. The summed E-state index contributed by atoms with van der Waals surface area (Å²) < 4.78 is 5.10. The SMILES string of the molecule is C/C(=C/C(=O)NCCCOCCO)c1cccc(Cl)c1. The molecule has 110 valence electrons. The minimum Gasteiger partial charge on any atom is -0.394 e. The highest BCUT2D eigenvalue weighted by Crippen LogP contribution is 2.17. The first-order chi connectivity index (χ1) is 9.63. The van der Waals surface area contributed by atoms with Crippen molar-refractivity contribution in [2.75, 3.05) is 26.4 Å². The highest BCUT2D eigenvalue weighted by Gasteiger charge is 2.01. The molecule has 0 aliphatic heterocycles. The van der Waals surface area contributed by atoms with E-state index in [0.717, 1.165) is 17.6 Å². The van der Waals surface area contributed by atoms with Crippen molar-refractivity contribution in [3.63, 3.8) is 0 Å². The van der Waals surface area contributed by atoms with Crippen LogP contribution in [0.5, 0.6) is 0 Å². The summed E-state index contributed by atoms with van der Waals surface area (Å²) >= 11 is 5.91. The maximum Gasteiger partial charge on any atom is 0.244 e. The fourth-order valence-electron chi connectivity index (χ4n) is 1.62. The number of carbonyl (C=O) groups is 1. The first-order valence-electron chi connectivity index (χ1n) is 6.54. The van der Waals surface area contributed by atoms with Gasteiger partial charge in [-0.15, -0.1) is 0 Å². The van der Waals surface area contributed by atoms with Gasteiger partial charge in [0.2, 0.25) is 5.91 Å². The number of aliphatic hydroxyl groups is 1. The molecule has 0 radical (unpaired) electrons. The predicted octanol–water partition coefficient (Wildman–Crippen LogP) is 2.26. The van der Waals surface area contributed by atoms with Crippen LogP contribution in [-0.2, 0) is 9.53 Å². The molecule has 0 fully saturated rings. The summed E-state index contributed by atoms with van der Waals surface area (Å²) in [6.07, 6.45) is 2.27. The smallest absolute Gasteiger partial charge is 0.244 e. The van der Waals surface area contributed by atoms with Crippen molar-refractivity contribution in [2.24, 2.45) is 0 Å². The van der Waals surface area contributed by atoms with Gasteiger partial charge in [-0.1, -0.05) is 23.7 Å². The van der Waals surface area contributed by atoms with Crippen LogP contribution in [0.1, 0.15) is 18.9 Å². The molecule has 0 aliphatic carbocycles. The van der Waals surface area contributed by atoms with Crippen LogP contribution >= 0.6 is 11.6 Å². The zero-order chi connectivity index (χ0) is 14.8. The van der Waals surface area contributed by atoms with Crippen LogP contribution in [0.4, 0.5) is 0 Å². The van der Waals surface area contributed by atoms with E-state index in [9.17, 15) is 4.79 Å². The third-order valence-corrected chi connectivity index (χ3v) is 2.86. The lowest BCUT2D eigenvalue weighted by Crippen LogP contribution is -2.23. The third-order valence-electron chi connectivity index (χ3n) is 2.63. The molecule has 5 heteroatoms. The van der Waals surface area contributed by atoms with Crippen LogP contribution in [0.15, 0.2) is 30.3 Å². The second kappa shape index (κ2) is 9.53. The van der Waals surface area contributed by atoms with Crippen molar-refractivity contribution in [2.45, 2.75) is 13.3 Å². The van der Waals surface area contributed by atoms with E-state index in [0.29, 0.717) is 24.8 Å². The van der Waals surface area contributed by atoms with Gasteiger partial charge in [0.25, 0.3) is 0 Å². The first-order valence-corrected chi connectivity index (χ1v) is 6.92. The zero-order valence-corrected chi connectivity index (χ0v) is 12.3. The topological polar surface area (TPSA) is 58.6 Å². The van der Waals surface area contributed by atoms with Crippen LogP contribution in [-0.4, -0.2) is 37.4 Å². The van der Waals surface area contributed by atoms with Gasteiger partial charge in [-0.05, 0) is 36.6 Å². The van der Waals surface area contributed by atoms with Gasteiger partial charge >= 0.3 is 0 Å². The summed E-state index contributed by atoms with van der Waals surface area (Å²) in [7, 11) is 0. The number of hydrogen-bond donors (Lipinski definition) is 2. The molecule has 0 atom stereocenters. The normalized spacial score (nSPS) is 11.4. The molecular formula is C15H20ClNO3. The standard InChI is InChI=1S/C15H20ClNO3/c1-12(13-4-2-5-14(16)11-13)10-15(19)17-6-3-8-20-9-7-18/h2,4-5,10-11,18H,3,6-9H2,1H3,(H,17,19)/b12-10-. The number of hydrogen-bond acceptors (Lipinski definition) is 3. The lowest BCUT2D eigenvalue weighted by atomic mass is 10.1. The monoisotopic (exact) mass is 297 g/mol. The van der Waals surface area contributed by atoms with Crippen LogP contribution in [0.2, 0.25) is 5.02 Å². The lowest BCUT2D eigenvalue weighted by Gasteiger charge is -2.05. The minimum absolute atomic E-state index is 0.0218. The first kappa shape index (κ1) is 16.7. The largest absolute Gasteiger partial charge is 0.394 e. The average Bonchev–Trinajstić information content (AvgIpc) is 2.42. The van der Waals surface area contributed by atoms with Gasteiger partial charge in [0.15, 0.2) is 0 Å². The Morgan fingerprint density at radius 3 is 2.95 bits per heavy atom. The van der Waals surface area contributed by atoms with Gasteiger partial charge in [-0.25, -0.2) is 0 Å². The molecule has 1 rings (SSSR count). The maximum absolute atomic E-state index is 11.7. The molecule has 0 saturated carbocycles.